The molecule has 1 fully saturated rings. The summed E-state index contributed by atoms with van der Waals surface area (Å²) >= 11 is 0. The standard InChI is InChI=1S/C15H23FN2O/c1-11-4-5-12(8-14(11)16)15(19)9-13-10-17(2)6-7-18(13)3/h4-5,8,13,15,19H,6-7,9-10H2,1-3H3. The third kappa shape index (κ3) is 3.53. The summed E-state index contributed by atoms with van der Waals surface area (Å²) in [7, 11) is 4.18. The Hall–Kier alpha value is -0.970. The first-order chi connectivity index (χ1) is 8.97. The van der Waals surface area contributed by atoms with Crippen molar-refractivity contribution in [2.24, 2.45) is 0 Å². The molecule has 1 aliphatic heterocycles. The van der Waals surface area contributed by atoms with Gasteiger partial charge in [-0.3, -0.25) is 0 Å². The molecule has 4 heteroatoms. The van der Waals surface area contributed by atoms with Gasteiger partial charge < -0.3 is 14.9 Å². The highest BCUT2D eigenvalue weighted by Gasteiger charge is 2.25. The quantitative estimate of drug-likeness (QED) is 0.904. The summed E-state index contributed by atoms with van der Waals surface area (Å²) in [6, 6.07) is 5.31. The van der Waals surface area contributed by atoms with Gasteiger partial charge in [0.1, 0.15) is 5.82 Å². The molecule has 1 aliphatic rings. The van der Waals surface area contributed by atoms with E-state index in [0.717, 1.165) is 19.6 Å². The average Bonchev–Trinajstić information content (AvgIpc) is 2.37. The van der Waals surface area contributed by atoms with Crippen LogP contribution in [0.1, 0.15) is 23.7 Å². The number of halogens is 1. The Morgan fingerprint density at radius 3 is 2.79 bits per heavy atom. The van der Waals surface area contributed by atoms with E-state index >= 15 is 0 Å². The number of piperazine rings is 1. The zero-order valence-corrected chi connectivity index (χ0v) is 11.9. The molecule has 2 unspecified atom stereocenters. The second kappa shape index (κ2) is 5.99. The lowest BCUT2D eigenvalue weighted by molar-refractivity contribution is 0.0633. The molecule has 106 valence electrons. The van der Waals surface area contributed by atoms with Gasteiger partial charge in [-0.2, -0.15) is 0 Å². The van der Waals surface area contributed by atoms with Crippen molar-refractivity contribution in [2.75, 3.05) is 33.7 Å². The van der Waals surface area contributed by atoms with Crippen LogP contribution < -0.4 is 0 Å². The van der Waals surface area contributed by atoms with Gasteiger partial charge in [-0.05, 0) is 44.6 Å². The summed E-state index contributed by atoms with van der Waals surface area (Å²) in [5.41, 5.74) is 1.29. The molecule has 19 heavy (non-hydrogen) atoms. The number of nitrogens with zero attached hydrogens (tertiary/aromatic N) is 2. The van der Waals surface area contributed by atoms with E-state index in [-0.39, 0.29) is 5.82 Å². The minimum Gasteiger partial charge on any atom is -0.388 e. The number of likely N-dealkylation sites (N-methyl/N-ethyl adjacent to an activating group) is 2. The second-order valence-electron chi connectivity index (χ2n) is 5.66. The van der Waals surface area contributed by atoms with Crippen LogP contribution in [-0.4, -0.2) is 54.7 Å². The highest BCUT2D eigenvalue weighted by molar-refractivity contribution is 5.25. The summed E-state index contributed by atoms with van der Waals surface area (Å²) in [5.74, 6) is -0.245. The number of aliphatic hydroxyl groups excluding tert-OH is 1. The monoisotopic (exact) mass is 266 g/mol. The predicted molar refractivity (Wildman–Crippen MR) is 74.6 cm³/mol. The predicted octanol–water partition coefficient (Wildman–Crippen LogP) is 1.80. The van der Waals surface area contributed by atoms with Gasteiger partial charge in [-0.25, -0.2) is 4.39 Å². The fourth-order valence-corrected chi connectivity index (χ4v) is 2.57. The summed E-state index contributed by atoms with van der Waals surface area (Å²) < 4.78 is 13.5. The second-order valence-corrected chi connectivity index (χ2v) is 5.66. The van der Waals surface area contributed by atoms with E-state index in [1.165, 1.54) is 6.07 Å². The van der Waals surface area contributed by atoms with Crippen LogP contribution in [0, 0.1) is 12.7 Å². The number of aliphatic hydroxyl groups is 1. The largest absolute Gasteiger partial charge is 0.388 e. The van der Waals surface area contributed by atoms with E-state index in [0.29, 0.717) is 23.6 Å². The van der Waals surface area contributed by atoms with Crippen molar-refractivity contribution >= 4 is 0 Å². The van der Waals surface area contributed by atoms with Crippen LogP contribution in [-0.2, 0) is 0 Å². The number of hydrogen-bond acceptors (Lipinski definition) is 3. The summed E-state index contributed by atoms with van der Waals surface area (Å²) in [6.07, 6.45) is 0.0395. The molecule has 0 saturated carbocycles. The van der Waals surface area contributed by atoms with Crippen molar-refractivity contribution in [1.82, 2.24) is 9.80 Å². The van der Waals surface area contributed by atoms with E-state index in [9.17, 15) is 9.50 Å². The Morgan fingerprint density at radius 2 is 2.11 bits per heavy atom. The van der Waals surface area contributed by atoms with E-state index in [1.54, 1.807) is 13.0 Å². The van der Waals surface area contributed by atoms with Crippen LogP contribution in [0.2, 0.25) is 0 Å². The molecular formula is C15H23FN2O. The minimum absolute atomic E-state index is 0.245. The molecule has 1 aromatic rings. The Bertz CT molecular complexity index is 438. The van der Waals surface area contributed by atoms with Crippen molar-refractivity contribution in [3.05, 3.63) is 35.1 Å². The number of aryl methyl sites for hydroxylation is 1. The van der Waals surface area contributed by atoms with Crippen LogP contribution in [0.25, 0.3) is 0 Å². The Labute approximate surface area is 114 Å². The fourth-order valence-electron chi connectivity index (χ4n) is 2.57. The van der Waals surface area contributed by atoms with Gasteiger partial charge in [0, 0.05) is 25.7 Å². The van der Waals surface area contributed by atoms with Crippen LogP contribution in [0.15, 0.2) is 18.2 Å². The molecule has 0 spiro atoms. The number of rotatable bonds is 3. The van der Waals surface area contributed by atoms with Gasteiger partial charge in [-0.1, -0.05) is 12.1 Å². The van der Waals surface area contributed by atoms with E-state index in [4.69, 9.17) is 0 Å². The van der Waals surface area contributed by atoms with Gasteiger partial charge in [0.15, 0.2) is 0 Å². The van der Waals surface area contributed by atoms with Gasteiger partial charge in [0.25, 0.3) is 0 Å². The first kappa shape index (κ1) is 14.4. The molecule has 3 nitrogen and oxygen atoms in total. The van der Waals surface area contributed by atoms with Crippen molar-refractivity contribution in [2.45, 2.75) is 25.5 Å². The molecule has 0 amide bonds. The van der Waals surface area contributed by atoms with Crippen molar-refractivity contribution in [1.29, 1.82) is 0 Å². The van der Waals surface area contributed by atoms with Gasteiger partial charge >= 0.3 is 0 Å². The lowest BCUT2D eigenvalue weighted by Gasteiger charge is -2.38. The third-order valence-electron chi connectivity index (χ3n) is 4.06. The molecule has 2 atom stereocenters. The normalized spacial score (nSPS) is 23.5. The third-order valence-corrected chi connectivity index (χ3v) is 4.06. The smallest absolute Gasteiger partial charge is 0.126 e. The Balaban J connectivity index is 2.03. The molecule has 2 rings (SSSR count). The van der Waals surface area contributed by atoms with Gasteiger partial charge in [0.2, 0.25) is 0 Å². The lowest BCUT2D eigenvalue weighted by Crippen LogP contribution is -2.50. The van der Waals surface area contributed by atoms with E-state index in [1.807, 2.05) is 6.07 Å². The first-order valence-corrected chi connectivity index (χ1v) is 6.80. The number of hydrogen-bond donors (Lipinski definition) is 1. The SMILES string of the molecule is Cc1ccc(C(O)CC2CN(C)CCN2C)cc1F. The molecule has 0 aliphatic carbocycles. The maximum atomic E-state index is 13.5. The molecular weight excluding hydrogens is 243 g/mol. The number of benzene rings is 1. The van der Waals surface area contributed by atoms with Crippen LogP contribution in [0.5, 0.6) is 0 Å². The maximum absolute atomic E-state index is 13.5. The van der Waals surface area contributed by atoms with Crippen LogP contribution >= 0.6 is 0 Å². The topological polar surface area (TPSA) is 26.7 Å². The summed E-state index contributed by atoms with van der Waals surface area (Å²) in [6.45, 7) is 4.75. The van der Waals surface area contributed by atoms with E-state index < -0.39 is 6.10 Å². The zero-order valence-electron chi connectivity index (χ0n) is 11.9. The molecule has 0 radical (unpaired) electrons. The van der Waals surface area contributed by atoms with Gasteiger partial charge in [0.05, 0.1) is 6.10 Å². The highest BCUT2D eigenvalue weighted by atomic mass is 19.1. The molecule has 1 N–H and O–H groups in total. The Morgan fingerprint density at radius 1 is 1.37 bits per heavy atom. The highest BCUT2D eigenvalue weighted by Crippen LogP contribution is 2.23. The van der Waals surface area contributed by atoms with Crippen LogP contribution in [0.4, 0.5) is 4.39 Å². The minimum atomic E-state index is -0.603. The molecule has 1 aromatic carbocycles. The van der Waals surface area contributed by atoms with Crippen molar-refractivity contribution in [3.63, 3.8) is 0 Å². The van der Waals surface area contributed by atoms with Crippen LogP contribution in [0.3, 0.4) is 0 Å². The average molecular weight is 266 g/mol. The Kier molecular flexibility index (Phi) is 4.55. The van der Waals surface area contributed by atoms with E-state index in [2.05, 4.69) is 23.9 Å². The molecule has 1 saturated heterocycles. The molecule has 1 heterocycles. The maximum Gasteiger partial charge on any atom is 0.126 e. The fraction of sp³-hybridized carbons (Fsp3) is 0.600. The van der Waals surface area contributed by atoms with Crippen molar-refractivity contribution < 1.29 is 9.50 Å². The molecule has 0 aromatic heterocycles. The van der Waals surface area contributed by atoms with Crippen molar-refractivity contribution in [3.8, 4) is 0 Å². The zero-order chi connectivity index (χ0) is 14.0. The molecule has 0 bridgehead atoms. The van der Waals surface area contributed by atoms with Gasteiger partial charge in [-0.15, -0.1) is 0 Å². The lowest BCUT2D eigenvalue weighted by atomic mass is 9.98. The first-order valence-electron chi connectivity index (χ1n) is 6.80. The summed E-state index contributed by atoms with van der Waals surface area (Å²) in [4.78, 5) is 4.54. The summed E-state index contributed by atoms with van der Waals surface area (Å²) in [5, 5.41) is 10.3.